The van der Waals surface area contributed by atoms with Gasteiger partial charge in [0, 0.05) is 22.8 Å². The second-order valence-electron chi connectivity index (χ2n) is 3.72. The van der Waals surface area contributed by atoms with Crippen molar-refractivity contribution in [3.8, 4) is 0 Å². The zero-order chi connectivity index (χ0) is 12.1. The van der Waals surface area contributed by atoms with Crippen molar-refractivity contribution in [3.63, 3.8) is 0 Å². The Bertz CT molecular complexity index is 508. The van der Waals surface area contributed by atoms with Gasteiger partial charge in [0.2, 0.25) is 0 Å². The largest absolute Gasteiger partial charge is 0.381 e. The van der Waals surface area contributed by atoms with E-state index < -0.39 is 0 Å². The summed E-state index contributed by atoms with van der Waals surface area (Å²) in [5.74, 6) is 0. The van der Waals surface area contributed by atoms with Crippen LogP contribution in [0.25, 0.3) is 0 Å². The minimum atomic E-state index is 0.672. The molecule has 2 aromatic carbocycles. The van der Waals surface area contributed by atoms with Gasteiger partial charge in [0.25, 0.3) is 0 Å². The highest BCUT2D eigenvalue weighted by molar-refractivity contribution is 6.30. The van der Waals surface area contributed by atoms with Crippen molar-refractivity contribution in [2.24, 2.45) is 0 Å². The topological polar surface area (TPSA) is 29.1 Å². The third-order valence-corrected chi connectivity index (χ3v) is 2.68. The first-order valence-electron chi connectivity index (χ1n) is 5.31. The van der Waals surface area contributed by atoms with E-state index in [1.54, 1.807) is 6.07 Å². The monoisotopic (exact) mass is 245 g/mol. The van der Waals surface area contributed by atoms with E-state index in [0.717, 1.165) is 22.6 Å². The van der Waals surface area contributed by atoms with Crippen LogP contribution in [0.3, 0.4) is 0 Å². The van der Waals surface area contributed by atoms with Crippen LogP contribution < -0.4 is 5.32 Å². The highest BCUT2D eigenvalue weighted by atomic mass is 35.5. The van der Waals surface area contributed by atoms with Crippen molar-refractivity contribution in [3.05, 3.63) is 64.7 Å². The summed E-state index contributed by atoms with van der Waals surface area (Å²) in [5.41, 5.74) is 2.75. The van der Waals surface area contributed by atoms with Crippen molar-refractivity contribution < 1.29 is 4.79 Å². The standard InChI is InChI=1S/C14H12ClNO/c15-13-6-4-11(5-7-13)9-16-14-3-1-2-12(8-14)10-17/h1-8,10,16H,9H2. The lowest BCUT2D eigenvalue weighted by Gasteiger charge is -2.06. The van der Waals surface area contributed by atoms with Crippen molar-refractivity contribution in [2.45, 2.75) is 6.54 Å². The molecule has 2 nitrogen and oxygen atoms in total. The molecular formula is C14H12ClNO. The average molecular weight is 246 g/mol. The second kappa shape index (κ2) is 5.51. The lowest BCUT2D eigenvalue weighted by atomic mass is 10.2. The number of hydrogen-bond donors (Lipinski definition) is 1. The summed E-state index contributed by atoms with van der Waals surface area (Å²) in [7, 11) is 0. The van der Waals surface area contributed by atoms with E-state index in [-0.39, 0.29) is 0 Å². The molecule has 0 radical (unpaired) electrons. The molecule has 0 spiro atoms. The maximum absolute atomic E-state index is 10.6. The molecule has 0 aliphatic heterocycles. The van der Waals surface area contributed by atoms with Crippen molar-refractivity contribution in [2.75, 3.05) is 5.32 Å². The fraction of sp³-hybridized carbons (Fsp3) is 0.0714. The third kappa shape index (κ3) is 3.33. The Morgan fingerprint density at radius 1 is 1.12 bits per heavy atom. The van der Waals surface area contributed by atoms with Crippen LogP contribution in [0.5, 0.6) is 0 Å². The van der Waals surface area contributed by atoms with Crippen LogP contribution in [0.2, 0.25) is 5.02 Å². The molecule has 0 amide bonds. The van der Waals surface area contributed by atoms with E-state index in [9.17, 15) is 4.79 Å². The van der Waals surface area contributed by atoms with E-state index >= 15 is 0 Å². The summed E-state index contributed by atoms with van der Waals surface area (Å²) in [4.78, 5) is 10.6. The first-order chi connectivity index (χ1) is 8.28. The molecule has 0 aromatic heterocycles. The summed E-state index contributed by atoms with van der Waals surface area (Å²) in [6.07, 6.45) is 0.841. The Morgan fingerprint density at radius 3 is 2.59 bits per heavy atom. The predicted octanol–water partition coefficient (Wildman–Crippen LogP) is 3.76. The normalized spacial score (nSPS) is 9.94. The van der Waals surface area contributed by atoms with Gasteiger partial charge in [-0.05, 0) is 29.8 Å². The SMILES string of the molecule is O=Cc1cccc(NCc2ccc(Cl)cc2)c1. The van der Waals surface area contributed by atoms with Gasteiger partial charge >= 0.3 is 0 Å². The second-order valence-corrected chi connectivity index (χ2v) is 4.16. The van der Waals surface area contributed by atoms with Crippen molar-refractivity contribution >= 4 is 23.6 Å². The number of benzene rings is 2. The number of rotatable bonds is 4. The molecule has 2 rings (SSSR count). The van der Waals surface area contributed by atoms with Crippen LogP contribution in [-0.4, -0.2) is 6.29 Å². The Labute approximate surface area is 105 Å². The molecule has 3 heteroatoms. The first-order valence-corrected chi connectivity index (χ1v) is 5.69. The van der Waals surface area contributed by atoms with E-state index in [1.807, 2.05) is 42.5 Å². The smallest absolute Gasteiger partial charge is 0.150 e. The number of aldehydes is 1. The van der Waals surface area contributed by atoms with Gasteiger partial charge in [0.05, 0.1) is 0 Å². The molecule has 0 heterocycles. The number of carbonyl (C=O) groups excluding carboxylic acids is 1. The molecule has 0 fully saturated rings. The highest BCUT2D eigenvalue weighted by Crippen LogP contribution is 2.13. The minimum Gasteiger partial charge on any atom is -0.381 e. The molecule has 17 heavy (non-hydrogen) atoms. The lowest BCUT2D eigenvalue weighted by molar-refractivity contribution is 0.112. The van der Waals surface area contributed by atoms with Crippen LogP contribution in [0.1, 0.15) is 15.9 Å². The summed E-state index contributed by atoms with van der Waals surface area (Å²) in [6.45, 7) is 0.708. The van der Waals surface area contributed by atoms with E-state index in [4.69, 9.17) is 11.6 Å². The highest BCUT2D eigenvalue weighted by Gasteiger charge is 1.96. The number of hydrogen-bond acceptors (Lipinski definition) is 2. The van der Waals surface area contributed by atoms with Crippen molar-refractivity contribution in [1.82, 2.24) is 0 Å². The fourth-order valence-electron chi connectivity index (χ4n) is 1.53. The van der Waals surface area contributed by atoms with Crippen LogP contribution in [-0.2, 0) is 6.54 Å². The molecular weight excluding hydrogens is 234 g/mol. The molecule has 0 saturated carbocycles. The number of halogens is 1. The van der Waals surface area contributed by atoms with Gasteiger partial charge in [-0.15, -0.1) is 0 Å². The number of carbonyl (C=O) groups is 1. The van der Waals surface area contributed by atoms with E-state index in [2.05, 4.69) is 5.32 Å². The molecule has 0 aliphatic rings. The minimum absolute atomic E-state index is 0.672. The van der Waals surface area contributed by atoms with Crippen LogP contribution in [0, 0.1) is 0 Å². The number of anilines is 1. The van der Waals surface area contributed by atoms with Crippen LogP contribution in [0.15, 0.2) is 48.5 Å². The van der Waals surface area contributed by atoms with Gasteiger partial charge in [0.15, 0.2) is 0 Å². The Balaban J connectivity index is 2.01. The molecule has 0 atom stereocenters. The maximum Gasteiger partial charge on any atom is 0.150 e. The molecule has 0 aliphatic carbocycles. The van der Waals surface area contributed by atoms with Gasteiger partial charge in [-0.1, -0.05) is 35.9 Å². The average Bonchev–Trinajstić information content (AvgIpc) is 2.38. The summed E-state index contributed by atoms with van der Waals surface area (Å²) < 4.78 is 0. The van der Waals surface area contributed by atoms with Crippen molar-refractivity contribution in [1.29, 1.82) is 0 Å². The lowest BCUT2D eigenvalue weighted by Crippen LogP contribution is -1.99. The zero-order valence-electron chi connectivity index (χ0n) is 9.19. The molecule has 2 aromatic rings. The van der Waals surface area contributed by atoms with Crippen LogP contribution in [0.4, 0.5) is 5.69 Å². The first kappa shape index (κ1) is 11.7. The van der Waals surface area contributed by atoms with Gasteiger partial charge in [-0.25, -0.2) is 0 Å². The van der Waals surface area contributed by atoms with E-state index in [0.29, 0.717) is 12.1 Å². The Hall–Kier alpha value is -1.80. The molecule has 0 unspecified atom stereocenters. The summed E-state index contributed by atoms with van der Waals surface area (Å²) >= 11 is 5.81. The van der Waals surface area contributed by atoms with Gasteiger partial charge in [-0.3, -0.25) is 4.79 Å². The molecule has 0 bridgehead atoms. The quantitative estimate of drug-likeness (QED) is 0.831. The molecule has 86 valence electrons. The predicted molar refractivity (Wildman–Crippen MR) is 70.6 cm³/mol. The Kier molecular flexibility index (Phi) is 3.78. The maximum atomic E-state index is 10.6. The molecule has 1 N–H and O–H groups in total. The Morgan fingerprint density at radius 2 is 1.88 bits per heavy atom. The summed E-state index contributed by atoms with van der Waals surface area (Å²) in [5, 5.41) is 3.99. The third-order valence-electron chi connectivity index (χ3n) is 2.43. The van der Waals surface area contributed by atoms with Gasteiger partial charge in [-0.2, -0.15) is 0 Å². The van der Waals surface area contributed by atoms with Gasteiger partial charge in [0.1, 0.15) is 6.29 Å². The fourth-order valence-corrected chi connectivity index (χ4v) is 1.65. The zero-order valence-corrected chi connectivity index (χ0v) is 9.95. The van der Waals surface area contributed by atoms with Gasteiger partial charge < -0.3 is 5.32 Å². The summed E-state index contributed by atoms with van der Waals surface area (Å²) in [6, 6.07) is 15.1. The van der Waals surface area contributed by atoms with Crippen LogP contribution >= 0.6 is 11.6 Å². The van der Waals surface area contributed by atoms with E-state index in [1.165, 1.54) is 0 Å². The number of nitrogens with one attached hydrogen (secondary N) is 1. The molecule has 0 saturated heterocycles.